The Kier molecular flexibility index (Phi) is 4.85. The molecule has 0 N–H and O–H groups in total. The van der Waals surface area contributed by atoms with Gasteiger partial charge in [-0.15, -0.1) is 0 Å². The fourth-order valence-corrected chi connectivity index (χ4v) is 2.90. The number of rotatable bonds is 4. The van der Waals surface area contributed by atoms with Crippen LogP contribution in [0, 0.1) is 18.3 Å². The Bertz CT molecular complexity index is 792. The highest BCUT2D eigenvalue weighted by Crippen LogP contribution is 2.30. The van der Waals surface area contributed by atoms with Gasteiger partial charge in [-0.3, -0.25) is 0 Å². The fourth-order valence-electron chi connectivity index (χ4n) is 2.90. The molecular formula is C22H29N2+. The van der Waals surface area contributed by atoms with E-state index in [0.717, 1.165) is 12.0 Å². The largest absolute Gasteiger partial charge is 0.212 e. The zero-order valence-electron chi connectivity index (χ0n) is 16.1. The van der Waals surface area contributed by atoms with E-state index in [-0.39, 0.29) is 5.41 Å². The lowest BCUT2D eigenvalue weighted by atomic mass is 9.82. The number of hydrogen-bond donors (Lipinski definition) is 0. The molecule has 0 radical (unpaired) electrons. The van der Waals surface area contributed by atoms with Crippen LogP contribution in [-0.2, 0) is 17.9 Å². The fraction of sp³-hybridized carbons (Fsp3) is 0.455. The average molecular weight is 321 g/mol. The normalized spacial score (nSPS) is 12.1. The van der Waals surface area contributed by atoms with Gasteiger partial charge in [0.25, 0.3) is 0 Å². The molecule has 0 aliphatic rings. The van der Waals surface area contributed by atoms with Gasteiger partial charge in [0.2, 0.25) is 5.69 Å². The Morgan fingerprint density at radius 3 is 2.17 bits per heavy atom. The van der Waals surface area contributed by atoms with Crippen molar-refractivity contribution in [2.75, 3.05) is 0 Å². The molecule has 0 saturated heterocycles. The number of aromatic nitrogens is 1. The van der Waals surface area contributed by atoms with Gasteiger partial charge in [0.15, 0.2) is 6.20 Å². The second kappa shape index (κ2) is 6.40. The average Bonchev–Trinajstić information content (AvgIpc) is 2.55. The SMILES string of the molecule is CCC(C)(C)c1ccc(-c2ccc(C(C)(C)C#N)cc2C)[n+](C)c1. The standard InChI is InChI=1S/C22H29N2/c1-8-21(3,4)18-10-12-20(24(7)14-18)19-11-9-17(13-16(19)2)22(5,6)15-23/h9-14H,8H2,1-7H3/q+1. The number of aryl methyl sites for hydroxylation is 2. The molecule has 1 heterocycles. The molecule has 2 nitrogen and oxygen atoms in total. The molecule has 0 bridgehead atoms. The molecule has 0 aliphatic carbocycles. The van der Waals surface area contributed by atoms with Gasteiger partial charge in [0.1, 0.15) is 7.05 Å². The Hall–Kier alpha value is -2.14. The van der Waals surface area contributed by atoms with Crippen LogP contribution in [0.25, 0.3) is 11.3 Å². The van der Waals surface area contributed by atoms with Crippen molar-refractivity contribution >= 4 is 0 Å². The zero-order valence-corrected chi connectivity index (χ0v) is 16.1. The molecule has 0 amide bonds. The van der Waals surface area contributed by atoms with E-state index in [2.05, 4.69) is 81.9 Å². The van der Waals surface area contributed by atoms with Crippen molar-refractivity contribution in [3.05, 3.63) is 53.2 Å². The van der Waals surface area contributed by atoms with Gasteiger partial charge in [-0.2, -0.15) is 5.26 Å². The summed E-state index contributed by atoms with van der Waals surface area (Å²) in [6.07, 6.45) is 3.36. The third-order valence-corrected chi connectivity index (χ3v) is 5.30. The predicted octanol–water partition coefficient (Wildman–Crippen LogP) is 4.98. The minimum Gasteiger partial charge on any atom is -0.201 e. The molecule has 2 heteroatoms. The topological polar surface area (TPSA) is 27.7 Å². The first-order valence-electron chi connectivity index (χ1n) is 8.65. The summed E-state index contributed by atoms with van der Waals surface area (Å²) >= 11 is 0. The van der Waals surface area contributed by atoms with Gasteiger partial charge in [-0.25, -0.2) is 4.57 Å². The zero-order chi connectivity index (χ0) is 18.1. The van der Waals surface area contributed by atoms with Crippen LogP contribution in [0.3, 0.4) is 0 Å². The van der Waals surface area contributed by atoms with E-state index < -0.39 is 5.41 Å². The maximum Gasteiger partial charge on any atom is 0.212 e. The van der Waals surface area contributed by atoms with Crippen molar-refractivity contribution in [1.82, 2.24) is 0 Å². The van der Waals surface area contributed by atoms with Crippen molar-refractivity contribution in [2.45, 2.75) is 58.8 Å². The Balaban J connectivity index is 2.49. The summed E-state index contributed by atoms with van der Waals surface area (Å²) in [7, 11) is 2.11. The maximum absolute atomic E-state index is 9.34. The lowest BCUT2D eigenvalue weighted by molar-refractivity contribution is -0.661. The highest BCUT2D eigenvalue weighted by atomic mass is 14.9. The lowest BCUT2D eigenvalue weighted by Gasteiger charge is -2.22. The van der Waals surface area contributed by atoms with Crippen molar-refractivity contribution in [3.8, 4) is 17.3 Å². The van der Waals surface area contributed by atoms with Gasteiger partial charge in [-0.1, -0.05) is 32.9 Å². The molecule has 0 fully saturated rings. The van der Waals surface area contributed by atoms with Gasteiger partial charge in [0, 0.05) is 17.2 Å². The van der Waals surface area contributed by atoms with E-state index in [1.165, 1.54) is 22.4 Å². The summed E-state index contributed by atoms with van der Waals surface area (Å²) in [6, 6.07) is 13.2. The van der Waals surface area contributed by atoms with E-state index in [1.807, 2.05) is 13.8 Å². The highest BCUT2D eigenvalue weighted by molar-refractivity contribution is 5.62. The van der Waals surface area contributed by atoms with E-state index in [1.54, 1.807) is 0 Å². The van der Waals surface area contributed by atoms with Gasteiger partial charge in [-0.05, 0) is 55.9 Å². The number of pyridine rings is 1. The quantitative estimate of drug-likeness (QED) is 0.730. The minimum absolute atomic E-state index is 0.187. The summed E-state index contributed by atoms with van der Waals surface area (Å²) in [6.45, 7) is 12.8. The van der Waals surface area contributed by atoms with Crippen LogP contribution in [0.4, 0.5) is 0 Å². The van der Waals surface area contributed by atoms with Crippen LogP contribution < -0.4 is 4.57 Å². The number of nitrogens with zero attached hydrogens (tertiary/aromatic N) is 2. The van der Waals surface area contributed by atoms with Crippen LogP contribution in [0.1, 0.15) is 57.7 Å². The second-order valence-corrected chi connectivity index (χ2v) is 7.92. The Labute approximate surface area is 146 Å². The Morgan fingerprint density at radius 2 is 1.67 bits per heavy atom. The summed E-state index contributed by atoms with van der Waals surface area (Å²) in [5.41, 5.74) is 5.77. The van der Waals surface area contributed by atoms with Crippen molar-refractivity contribution in [3.63, 3.8) is 0 Å². The van der Waals surface area contributed by atoms with E-state index in [0.29, 0.717) is 0 Å². The summed E-state index contributed by atoms with van der Waals surface area (Å²) < 4.78 is 2.21. The summed E-state index contributed by atoms with van der Waals surface area (Å²) in [5.74, 6) is 0. The minimum atomic E-state index is -0.458. The molecule has 24 heavy (non-hydrogen) atoms. The molecule has 0 aliphatic heterocycles. The highest BCUT2D eigenvalue weighted by Gasteiger charge is 2.24. The molecule has 0 spiro atoms. The molecule has 1 aromatic carbocycles. The third kappa shape index (κ3) is 3.36. The number of hydrogen-bond acceptors (Lipinski definition) is 1. The first-order chi connectivity index (χ1) is 11.1. The molecule has 0 saturated carbocycles. The molecule has 126 valence electrons. The summed E-state index contributed by atoms with van der Waals surface area (Å²) in [5, 5.41) is 9.34. The van der Waals surface area contributed by atoms with Gasteiger partial charge >= 0.3 is 0 Å². The number of benzene rings is 1. The van der Waals surface area contributed by atoms with Crippen molar-refractivity contribution in [2.24, 2.45) is 7.05 Å². The summed E-state index contributed by atoms with van der Waals surface area (Å²) in [4.78, 5) is 0. The van der Waals surface area contributed by atoms with Crippen LogP contribution in [0.2, 0.25) is 0 Å². The van der Waals surface area contributed by atoms with Gasteiger partial charge < -0.3 is 0 Å². The van der Waals surface area contributed by atoms with Crippen LogP contribution >= 0.6 is 0 Å². The maximum atomic E-state index is 9.34. The van der Waals surface area contributed by atoms with Crippen LogP contribution in [-0.4, -0.2) is 0 Å². The van der Waals surface area contributed by atoms with Gasteiger partial charge in [0.05, 0.1) is 11.5 Å². The molecule has 1 aromatic heterocycles. The first-order valence-corrected chi connectivity index (χ1v) is 8.65. The second-order valence-electron chi connectivity index (χ2n) is 7.92. The number of nitriles is 1. The third-order valence-electron chi connectivity index (χ3n) is 5.30. The van der Waals surface area contributed by atoms with E-state index in [4.69, 9.17) is 0 Å². The van der Waals surface area contributed by atoms with Crippen molar-refractivity contribution < 1.29 is 4.57 Å². The van der Waals surface area contributed by atoms with E-state index >= 15 is 0 Å². The molecule has 0 atom stereocenters. The first kappa shape index (κ1) is 18.2. The van der Waals surface area contributed by atoms with Crippen LogP contribution in [0.15, 0.2) is 36.5 Å². The monoisotopic (exact) mass is 321 g/mol. The predicted molar refractivity (Wildman–Crippen MR) is 99.7 cm³/mol. The molecule has 2 aromatic rings. The molecular weight excluding hydrogens is 292 g/mol. The van der Waals surface area contributed by atoms with Crippen molar-refractivity contribution in [1.29, 1.82) is 5.26 Å². The smallest absolute Gasteiger partial charge is 0.201 e. The molecule has 2 rings (SSSR count). The van der Waals surface area contributed by atoms with E-state index in [9.17, 15) is 5.26 Å². The molecule has 0 unspecified atom stereocenters. The lowest BCUT2D eigenvalue weighted by Crippen LogP contribution is -2.33. The Morgan fingerprint density at radius 1 is 1.04 bits per heavy atom. The van der Waals surface area contributed by atoms with Crippen LogP contribution in [0.5, 0.6) is 0 Å².